The fraction of sp³-hybridized carbons (Fsp3) is 0.100. The van der Waals surface area contributed by atoms with Crippen LogP contribution in [0.25, 0.3) is 43.6 Å². The molecule has 0 saturated carbocycles. The largest absolute Gasteiger partial charge is 0.512 e. The van der Waals surface area contributed by atoms with Gasteiger partial charge in [-0.1, -0.05) is 47.3 Å². The van der Waals surface area contributed by atoms with E-state index in [1.54, 1.807) is 13.1 Å². The van der Waals surface area contributed by atoms with Gasteiger partial charge in [-0.25, -0.2) is 4.39 Å². The Bertz CT molecular complexity index is 1680. The van der Waals surface area contributed by atoms with Gasteiger partial charge >= 0.3 is 0 Å². The molecule has 0 aliphatic heterocycles. The second-order valence-electron chi connectivity index (χ2n) is 8.24. The number of ketones is 1. The molecule has 0 spiro atoms. The number of benzene rings is 4. The monoisotopic (exact) mass is 654 g/mol. The van der Waals surface area contributed by atoms with E-state index in [9.17, 15) is 14.4 Å². The fourth-order valence-corrected chi connectivity index (χ4v) is 4.15. The first kappa shape index (κ1) is 26.7. The zero-order valence-electron chi connectivity index (χ0n) is 19.9. The number of aromatic nitrogens is 1. The van der Waals surface area contributed by atoms with Crippen LogP contribution in [0.3, 0.4) is 0 Å². The summed E-state index contributed by atoms with van der Waals surface area (Å²) in [6.45, 7) is 4.64. The summed E-state index contributed by atoms with van der Waals surface area (Å²) in [4.78, 5) is 14.6. The molecule has 5 aromatic rings. The SMILES string of the molecule is CC(=O)/C=C(/C)O.Cc1c(F)ccc2c1ccc1c(-c3[c-]c4ccccc4c(C#N)c3)nccc12.[Ir]. The zero-order valence-corrected chi connectivity index (χ0v) is 22.3. The first-order chi connectivity index (χ1) is 16.8. The molecule has 0 saturated heterocycles. The molecule has 1 heterocycles. The molecule has 0 aliphatic rings. The molecule has 0 aliphatic carbocycles. The maximum Gasteiger partial charge on any atom is 0.155 e. The average molecular weight is 654 g/mol. The summed E-state index contributed by atoms with van der Waals surface area (Å²) < 4.78 is 14.0. The third kappa shape index (κ3) is 5.33. The van der Waals surface area contributed by atoms with Crippen LogP contribution in [0.5, 0.6) is 0 Å². The minimum atomic E-state index is -0.206. The Balaban J connectivity index is 0.000000400. The summed E-state index contributed by atoms with van der Waals surface area (Å²) in [6, 6.07) is 24.4. The van der Waals surface area contributed by atoms with Crippen molar-refractivity contribution < 1.29 is 34.4 Å². The normalized spacial score (nSPS) is 10.9. The second kappa shape index (κ2) is 11.2. The van der Waals surface area contributed by atoms with Crippen molar-refractivity contribution in [3.8, 4) is 17.3 Å². The molecule has 36 heavy (non-hydrogen) atoms. The minimum absolute atomic E-state index is 0. The number of rotatable bonds is 2. The van der Waals surface area contributed by atoms with Crippen LogP contribution < -0.4 is 0 Å². The van der Waals surface area contributed by atoms with Crippen LogP contribution in [0.2, 0.25) is 0 Å². The topological polar surface area (TPSA) is 74.0 Å². The first-order valence-electron chi connectivity index (χ1n) is 11.0. The number of fused-ring (bicyclic) bond motifs is 4. The van der Waals surface area contributed by atoms with Crippen molar-refractivity contribution in [2.75, 3.05) is 0 Å². The Morgan fingerprint density at radius 2 is 1.67 bits per heavy atom. The molecule has 4 nitrogen and oxygen atoms in total. The molecular formula is C30H22FIrN2O2-. The van der Waals surface area contributed by atoms with Gasteiger partial charge in [-0.05, 0) is 65.6 Å². The molecule has 6 heteroatoms. The number of carbonyl (C=O) groups is 1. The number of aryl methyl sites for hydroxylation is 1. The number of carbonyl (C=O) groups excluding carboxylic acids is 1. The number of nitriles is 1. The third-order valence-corrected chi connectivity index (χ3v) is 5.71. The van der Waals surface area contributed by atoms with Crippen molar-refractivity contribution in [3.05, 3.63) is 102 Å². The van der Waals surface area contributed by atoms with Gasteiger partial charge in [-0.15, -0.1) is 23.6 Å². The van der Waals surface area contributed by atoms with Gasteiger partial charge in [-0.2, -0.15) is 5.26 Å². The molecule has 181 valence electrons. The first-order valence-corrected chi connectivity index (χ1v) is 11.0. The molecule has 0 unspecified atom stereocenters. The second-order valence-corrected chi connectivity index (χ2v) is 8.24. The maximum atomic E-state index is 14.0. The van der Waals surface area contributed by atoms with E-state index in [-0.39, 0.29) is 37.5 Å². The van der Waals surface area contributed by atoms with Crippen LogP contribution in [-0.2, 0) is 24.9 Å². The van der Waals surface area contributed by atoms with Crippen LogP contribution >= 0.6 is 0 Å². The van der Waals surface area contributed by atoms with E-state index in [2.05, 4.69) is 17.1 Å². The van der Waals surface area contributed by atoms with Crippen LogP contribution in [-0.4, -0.2) is 15.9 Å². The van der Waals surface area contributed by atoms with Gasteiger partial charge in [0.25, 0.3) is 0 Å². The van der Waals surface area contributed by atoms with Crippen molar-refractivity contribution in [1.82, 2.24) is 4.98 Å². The number of aliphatic hydroxyl groups excluding tert-OH is 1. The summed E-state index contributed by atoms with van der Waals surface area (Å²) >= 11 is 0. The van der Waals surface area contributed by atoms with Gasteiger partial charge in [0.2, 0.25) is 0 Å². The minimum Gasteiger partial charge on any atom is -0.512 e. The Kier molecular flexibility index (Phi) is 8.32. The summed E-state index contributed by atoms with van der Waals surface area (Å²) in [5.41, 5.74) is 2.78. The number of hydrogen-bond donors (Lipinski definition) is 1. The van der Waals surface area contributed by atoms with E-state index >= 15 is 0 Å². The number of aliphatic hydroxyl groups is 1. The molecule has 0 fully saturated rings. The van der Waals surface area contributed by atoms with Crippen molar-refractivity contribution in [2.24, 2.45) is 0 Å². The Morgan fingerprint density at radius 3 is 2.33 bits per heavy atom. The predicted octanol–water partition coefficient (Wildman–Crippen LogP) is 7.36. The van der Waals surface area contributed by atoms with Gasteiger partial charge in [-0.3, -0.25) is 9.78 Å². The Labute approximate surface area is 222 Å². The van der Waals surface area contributed by atoms with E-state index in [0.29, 0.717) is 11.1 Å². The molecular weight excluding hydrogens is 632 g/mol. The maximum absolute atomic E-state index is 14.0. The van der Waals surface area contributed by atoms with Crippen molar-refractivity contribution in [1.29, 1.82) is 5.26 Å². The number of pyridine rings is 1. The predicted molar refractivity (Wildman–Crippen MR) is 138 cm³/mol. The molecule has 0 amide bonds. The van der Waals surface area contributed by atoms with Crippen LogP contribution in [0, 0.1) is 30.1 Å². The Morgan fingerprint density at radius 1 is 1.00 bits per heavy atom. The van der Waals surface area contributed by atoms with E-state index < -0.39 is 0 Å². The number of allylic oxidation sites excluding steroid dienone is 2. The van der Waals surface area contributed by atoms with Crippen molar-refractivity contribution in [2.45, 2.75) is 20.8 Å². The van der Waals surface area contributed by atoms with Crippen molar-refractivity contribution >= 4 is 38.1 Å². The zero-order chi connectivity index (χ0) is 25.1. The van der Waals surface area contributed by atoms with Gasteiger partial charge in [0.1, 0.15) is 5.82 Å². The molecule has 5 rings (SSSR count). The van der Waals surface area contributed by atoms with Crippen LogP contribution in [0.4, 0.5) is 4.39 Å². The number of halogens is 1. The van der Waals surface area contributed by atoms with E-state index in [1.165, 1.54) is 26.0 Å². The summed E-state index contributed by atoms with van der Waals surface area (Å²) in [5, 5.41) is 23.6. The van der Waals surface area contributed by atoms with E-state index in [4.69, 9.17) is 5.11 Å². The molecule has 4 aromatic carbocycles. The van der Waals surface area contributed by atoms with Crippen LogP contribution in [0.1, 0.15) is 25.0 Å². The summed E-state index contributed by atoms with van der Waals surface area (Å²) in [6.07, 6.45) is 2.92. The fourth-order valence-electron chi connectivity index (χ4n) is 4.15. The average Bonchev–Trinajstić information content (AvgIpc) is 2.84. The quantitative estimate of drug-likeness (QED) is 0.0936. The van der Waals surface area contributed by atoms with E-state index in [1.807, 2.05) is 54.6 Å². The smallest absolute Gasteiger partial charge is 0.155 e. The van der Waals surface area contributed by atoms with Crippen molar-refractivity contribution in [3.63, 3.8) is 0 Å². The third-order valence-electron chi connectivity index (χ3n) is 5.71. The Hall–Kier alpha value is -3.91. The molecule has 1 N–H and O–H groups in total. The molecule has 0 bridgehead atoms. The summed E-state index contributed by atoms with van der Waals surface area (Å²) in [7, 11) is 0. The molecule has 1 aromatic heterocycles. The standard InChI is InChI=1S/C25H14FN2.C5H8O2.Ir/c1-15-19-6-7-23-22(21(19)8-9-24(15)26)10-11-28-25(23)17-12-16-4-2-3-5-20(16)18(13-17)14-27;1-4(6)3-5(2)7;/h2-11,13H,1H3;3,6H,1-2H3;/q-1;;/b;4-3-;. The van der Waals surface area contributed by atoms with E-state index in [0.717, 1.165) is 43.6 Å². The van der Waals surface area contributed by atoms with Gasteiger partial charge in [0, 0.05) is 38.1 Å². The van der Waals surface area contributed by atoms with Crippen LogP contribution in [0.15, 0.2) is 78.7 Å². The number of nitrogens with zero attached hydrogens (tertiary/aromatic N) is 2. The van der Waals surface area contributed by atoms with Gasteiger partial charge in [0.15, 0.2) is 5.78 Å². The summed E-state index contributed by atoms with van der Waals surface area (Å²) in [5.74, 6) is -0.268. The van der Waals surface area contributed by atoms with Gasteiger partial charge < -0.3 is 5.11 Å². The van der Waals surface area contributed by atoms with Gasteiger partial charge in [0.05, 0.1) is 11.8 Å². The molecule has 1 radical (unpaired) electrons. The molecule has 0 atom stereocenters. The number of hydrogen-bond acceptors (Lipinski definition) is 4.